The van der Waals surface area contributed by atoms with Crippen LogP contribution < -0.4 is 5.32 Å². The van der Waals surface area contributed by atoms with Crippen LogP contribution in [0, 0.1) is 5.41 Å². The van der Waals surface area contributed by atoms with Crippen molar-refractivity contribution in [1.29, 1.82) is 0 Å². The van der Waals surface area contributed by atoms with Crippen molar-refractivity contribution in [3.8, 4) is 0 Å². The number of Topliss-reactive ketones (excluding diaryl/α,β-unsaturated/α-hetero) is 2. The normalized spacial score (nSPS) is 15.2. The van der Waals surface area contributed by atoms with Gasteiger partial charge in [-0.25, -0.2) is 0 Å². The van der Waals surface area contributed by atoms with E-state index in [9.17, 15) is 14.4 Å². The summed E-state index contributed by atoms with van der Waals surface area (Å²) < 4.78 is 0. The van der Waals surface area contributed by atoms with Crippen LogP contribution in [0.2, 0.25) is 0 Å². The van der Waals surface area contributed by atoms with Crippen molar-refractivity contribution in [1.82, 2.24) is 5.32 Å². The maximum Gasteiger partial charge on any atom is 0.229 e. The number of halogens is 1. The van der Waals surface area contributed by atoms with Crippen LogP contribution in [0.4, 0.5) is 0 Å². The van der Waals surface area contributed by atoms with Gasteiger partial charge in [-0.05, 0) is 0 Å². The molecule has 1 aliphatic rings. The molecule has 0 saturated carbocycles. The molecule has 0 bridgehead atoms. The molecule has 0 unspecified atom stereocenters. The Labute approximate surface area is 121 Å². The number of hydrogen-bond donors (Lipinski definition) is 1. The van der Waals surface area contributed by atoms with E-state index in [1.54, 1.807) is 45.0 Å². The molecule has 5 heteroatoms. The number of carbonyl (C=O) groups excluding carboxylic acids is 3. The van der Waals surface area contributed by atoms with E-state index < -0.39 is 17.0 Å². The maximum atomic E-state index is 12.3. The molecule has 1 aliphatic carbocycles. The molecule has 20 heavy (non-hydrogen) atoms. The highest BCUT2D eigenvalue weighted by atomic mass is 35.5. The highest BCUT2D eigenvalue weighted by Crippen LogP contribution is 2.28. The number of benzene rings is 1. The molecule has 0 heterocycles. The van der Waals surface area contributed by atoms with Gasteiger partial charge in [0.05, 0.1) is 0 Å². The Morgan fingerprint density at radius 2 is 1.55 bits per heavy atom. The first-order valence-electron chi connectivity index (χ1n) is 6.13. The zero-order chi connectivity index (χ0) is 15.1. The van der Waals surface area contributed by atoms with Crippen molar-refractivity contribution in [3.05, 3.63) is 46.1 Å². The number of hydrogen-bond acceptors (Lipinski definition) is 3. The number of amides is 1. The number of fused-ring (bicyclic) bond motifs is 1. The zero-order valence-corrected chi connectivity index (χ0v) is 12.2. The SMILES string of the molecule is CC(C)(C)C(=O)NC1=C(Cl)C(=O)c2ccccc2C1=O. The van der Waals surface area contributed by atoms with E-state index in [-0.39, 0.29) is 27.8 Å². The molecule has 0 fully saturated rings. The molecule has 0 aliphatic heterocycles. The molecule has 0 aromatic heterocycles. The highest BCUT2D eigenvalue weighted by molar-refractivity contribution is 6.50. The average Bonchev–Trinajstić information content (AvgIpc) is 2.39. The van der Waals surface area contributed by atoms with Crippen molar-refractivity contribution in [2.45, 2.75) is 20.8 Å². The highest BCUT2D eigenvalue weighted by Gasteiger charge is 2.33. The lowest BCUT2D eigenvalue weighted by atomic mass is 9.91. The molecule has 1 aromatic carbocycles. The van der Waals surface area contributed by atoms with Crippen LogP contribution in [0.15, 0.2) is 35.0 Å². The largest absolute Gasteiger partial charge is 0.321 e. The lowest BCUT2D eigenvalue weighted by Gasteiger charge is -2.22. The topological polar surface area (TPSA) is 63.2 Å². The van der Waals surface area contributed by atoms with Crippen molar-refractivity contribution in [3.63, 3.8) is 0 Å². The van der Waals surface area contributed by atoms with E-state index >= 15 is 0 Å². The van der Waals surface area contributed by atoms with Gasteiger partial charge in [-0.2, -0.15) is 0 Å². The smallest absolute Gasteiger partial charge is 0.229 e. The summed E-state index contributed by atoms with van der Waals surface area (Å²) in [5.41, 5.74) is -0.317. The quantitative estimate of drug-likeness (QED) is 0.865. The van der Waals surface area contributed by atoms with Gasteiger partial charge in [0.2, 0.25) is 17.5 Å². The van der Waals surface area contributed by atoms with E-state index in [0.29, 0.717) is 0 Å². The first-order valence-corrected chi connectivity index (χ1v) is 6.51. The van der Waals surface area contributed by atoms with Gasteiger partial charge < -0.3 is 5.32 Å². The van der Waals surface area contributed by atoms with Crippen LogP contribution in [0.25, 0.3) is 0 Å². The van der Waals surface area contributed by atoms with Gasteiger partial charge in [0, 0.05) is 16.5 Å². The minimum absolute atomic E-state index is 0.143. The van der Waals surface area contributed by atoms with Gasteiger partial charge in [-0.1, -0.05) is 56.6 Å². The third kappa shape index (κ3) is 2.39. The van der Waals surface area contributed by atoms with Crippen LogP contribution >= 0.6 is 11.6 Å². The number of rotatable bonds is 1. The average molecular weight is 292 g/mol. The van der Waals surface area contributed by atoms with Gasteiger partial charge in [-0.3, -0.25) is 14.4 Å². The molecule has 104 valence electrons. The molecule has 0 radical (unpaired) electrons. The summed E-state index contributed by atoms with van der Waals surface area (Å²) in [6.45, 7) is 5.12. The predicted molar refractivity (Wildman–Crippen MR) is 75.6 cm³/mol. The van der Waals surface area contributed by atoms with Crippen LogP contribution in [-0.2, 0) is 4.79 Å². The number of allylic oxidation sites excluding steroid dienone is 2. The molecule has 4 nitrogen and oxygen atoms in total. The summed E-state index contributed by atoms with van der Waals surface area (Å²) in [5, 5.41) is 2.22. The maximum absolute atomic E-state index is 12.3. The monoisotopic (exact) mass is 291 g/mol. The third-order valence-corrected chi connectivity index (χ3v) is 3.34. The van der Waals surface area contributed by atoms with Crippen LogP contribution in [0.1, 0.15) is 41.5 Å². The second kappa shape index (κ2) is 4.87. The Balaban J connectivity index is 2.45. The van der Waals surface area contributed by atoms with E-state index in [1.807, 2.05) is 0 Å². The van der Waals surface area contributed by atoms with Crippen molar-refractivity contribution < 1.29 is 14.4 Å². The van der Waals surface area contributed by atoms with E-state index in [1.165, 1.54) is 0 Å². The predicted octanol–water partition coefficient (Wildman–Crippen LogP) is 2.68. The molecule has 1 N–H and O–H groups in total. The van der Waals surface area contributed by atoms with E-state index in [0.717, 1.165) is 0 Å². The van der Waals surface area contributed by atoms with Crippen LogP contribution in [-0.4, -0.2) is 17.5 Å². The minimum Gasteiger partial charge on any atom is -0.321 e. The summed E-state index contributed by atoms with van der Waals surface area (Å²) in [7, 11) is 0. The summed E-state index contributed by atoms with van der Waals surface area (Å²) in [4.78, 5) is 36.4. The first-order chi connectivity index (χ1) is 9.23. The Morgan fingerprint density at radius 1 is 1.05 bits per heavy atom. The molecule has 2 rings (SSSR count). The number of ketones is 2. The van der Waals surface area contributed by atoms with Gasteiger partial charge in [0.15, 0.2) is 0 Å². The van der Waals surface area contributed by atoms with Crippen molar-refractivity contribution in [2.75, 3.05) is 0 Å². The Morgan fingerprint density at radius 3 is 2.05 bits per heavy atom. The third-order valence-electron chi connectivity index (χ3n) is 2.98. The van der Waals surface area contributed by atoms with E-state index in [2.05, 4.69) is 5.32 Å². The Hall–Kier alpha value is -1.94. The second-order valence-corrected chi connectivity index (χ2v) is 5.97. The van der Waals surface area contributed by atoms with Crippen LogP contribution in [0.5, 0.6) is 0 Å². The number of carbonyl (C=O) groups is 3. The molecular formula is C15H14ClNO3. The van der Waals surface area contributed by atoms with E-state index in [4.69, 9.17) is 11.6 Å². The summed E-state index contributed by atoms with van der Waals surface area (Å²) >= 11 is 5.94. The molecule has 0 saturated heterocycles. The van der Waals surface area contributed by atoms with Gasteiger partial charge in [-0.15, -0.1) is 0 Å². The fourth-order valence-corrected chi connectivity index (χ4v) is 1.99. The van der Waals surface area contributed by atoms with Crippen molar-refractivity contribution >= 4 is 29.1 Å². The standard InChI is InChI=1S/C15H14ClNO3/c1-15(2,3)14(20)17-11-10(16)12(18)8-6-4-5-7-9(8)13(11)19/h4-7H,1-3H3,(H,17,20). The Kier molecular flexibility index (Phi) is 3.52. The molecular weight excluding hydrogens is 278 g/mol. The lowest BCUT2D eigenvalue weighted by molar-refractivity contribution is -0.127. The Bertz CT molecular complexity index is 653. The van der Waals surface area contributed by atoms with Crippen LogP contribution in [0.3, 0.4) is 0 Å². The minimum atomic E-state index is -0.690. The fourth-order valence-electron chi connectivity index (χ4n) is 1.76. The van der Waals surface area contributed by atoms with Gasteiger partial charge in [0.1, 0.15) is 10.7 Å². The lowest BCUT2D eigenvalue weighted by Crippen LogP contribution is -2.39. The number of nitrogens with one attached hydrogen (secondary N) is 1. The summed E-state index contributed by atoms with van der Waals surface area (Å²) in [6.07, 6.45) is 0. The molecule has 1 amide bonds. The zero-order valence-electron chi connectivity index (χ0n) is 11.4. The summed E-state index contributed by atoms with van der Waals surface area (Å²) in [5.74, 6) is -1.26. The summed E-state index contributed by atoms with van der Waals surface area (Å²) in [6, 6.07) is 6.40. The first kappa shape index (κ1) is 14.5. The van der Waals surface area contributed by atoms with Gasteiger partial charge in [0.25, 0.3) is 0 Å². The molecule has 1 aromatic rings. The molecule has 0 atom stereocenters. The second-order valence-electron chi connectivity index (χ2n) is 5.60. The fraction of sp³-hybridized carbons (Fsp3) is 0.267. The molecule has 0 spiro atoms. The van der Waals surface area contributed by atoms with Gasteiger partial charge >= 0.3 is 0 Å². The van der Waals surface area contributed by atoms with Crippen molar-refractivity contribution in [2.24, 2.45) is 5.41 Å².